The van der Waals surface area contributed by atoms with Gasteiger partial charge >= 0.3 is 24.1 Å². The average molecular weight is 473 g/mol. The van der Waals surface area contributed by atoms with E-state index in [-0.39, 0.29) is 27.8 Å². The van der Waals surface area contributed by atoms with Gasteiger partial charge in [-0.1, -0.05) is 24.9 Å². The molecule has 170 valence electrons. The second-order valence-corrected chi connectivity index (χ2v) is 6.55. The van der Waals surface area contributed by atoms with Crippen molar-refractivity contribution in [3.05, 3.63) is 50.7 Å². The van der Waals surface area contributed by atoms with Gasteiger partial charge in [-0.3, -0.25) is 4.79 Å². The van der Waals surface area contributed by atoms with Gasteiger partial charge in [-0.15, -0.1) is 0 Å². The second kappa shape index (κ2) is 9.16. The molecule has 0 aliphatic carbocycles. The molecule has 31 heavy (non-hydrogen) atoms. The molecule has 0 aliphatic heterocycles. The number of methoxy groups -OCH3 is 1. The third kappa shape index (κ3) is 4.94. The zero-order valence-corrected chi connectivity index (χ0v) is 16.8. The third-order valence-corrected chi connectivity index (χ3v) is 4.29. The van der Waals surface area contributed by atoms with Crippen molar-refractivity contribution >= 4 is 17.6 Å². The maximum absolute atomic E-state index is 14.5. The van der Waals surface area contributed by atoms with E-state index in [1.54, 1.807) is 0 Å². The summed E-state index contributed by atoms with van der Waals surface area (Å²) in [6.07, 6.45) is -4.79. The maximum atomic E-state index is 14.5. The standard InChI is InChI=1S/C18H15ClF6N2O4/c1-3-4-5-31-15(29)9-6-12(11(20)7-10(9)19)27-14(28)8-13(26-16(27)30-2)17(21,22)18(23,24)25/h6-8H,3-5H2,1-2H3. The predicted molar refractivity (Wildman–Crippen MR) is 96.5 cm³/mol. The Hall–Kier alpha value is -2.76. The number of esters is 1. The molecule has 0 radical (unpaired) electrons. The van der Waals surface area contributed by atoms with Crippen LogP contribution >= 0.6 is 11.6 Å². The number of halogens is 7. The van der Waals surface area contributed by atoms with Crippen LogP contribution < -0.4 is 10.3 Å². The number of ether oxygens (including phenoxy) is 2. The van der Waals surface area contributed by atoms with E-state index in [2.05, 4.69) is 9.72 Å². The van der Waals surface area contributed by atoms with Crippen LogP contribution in [-0.4, -0.2) is 35.4 Å². The molecule has 0 bridgehead atoms. The number of carbonyl (C=O) groups is 1. The molecule has 1 heterocycles. The summed E-state index contributed by atoms with van der Waals surface area (Å²) in [7, 11) is 0.821. The van der Waals surface area contributed by atoms with Crippen molar-refractivity contribution in [1.29, 1.82) is 0 Å². The van der Waals surface area contributed by atoms with Crippen molar-refractivity contribution in [3.8, 4) is 11.7 Å². The van der Waals surface area contributed by atoms with Crippen molar-refractivity contribution < 1.29 is 40.6 Å². The number of aromatic nitrogens is 2. The van der Waals surface area contributed by atoms with Crippen LogP contribution in [0.25, 0.3) is 5.69 Å². The molecule has 0 atom stereocenters. The van der Waals surface area contributed by atoms with Crippen molar-refractivity contribution in [2.45, 2.75) is 31.9 Å². The quantitative estimate of drug-likeness (QED) is 0.333. The van der Waals surface area contributed by atoms with Crippen LogP contribution in [0.2, 0.25) is 5.02 Å². The van der Waals surface area contributed by atoms with Crippen molar-refractivity contribution in [2.24, 2.45) is 0 Å². The molecule has 13 heteroatoms. The highest BCUT2D eigenvalue weighted by atomic mass is 35.5. The minimum Gasteiger partial charge on any atom is -0.468 e. The lowest BCUT2D eigenvalue weighted by Crippen LogP contribution is -2.37. The molecule has 0 aliphatic rings. The first-order chi connectivity index (χ1) is 14.3. The molecule has 1 aromatic carbocycles. The molecule has 2 rings (SSSR count). The van der Waals surface area contributed by atoms with Crippen molar-refractivity contribution in [2.75, 3.05) is 13.7 Å². The van der Waals surface area contributed by atoms with Crippen molar-refractivity contribution in [3.63, 3.8) is 0 Å². The molecule has 0 amide bonds. The molecular formula is C18H15ClF6N2O4. The number of hydrogen-bond acceptors (Lipinski definition) is 5. The molecule has 0 fully saturated rings. The normalized spacial score (nSPS) is 12.0. The van der Waals surface area contributed by atoms with Crippen molar-refractivity contribution in [1.82, 2.24) is 9.55 Å². The van der Waals surface area contributed by atoms with Gasteiger partial charge in [-0.2, -0.15) is 26.9 Å². The topological polar surface area (TPSA) is 70.4 Å². The summed E-state index contributed by atoms with van der Waals surface area (Å²) in [5.41, 5.74) is -4.54. The Morgan fingerprint density at radius 3 is 2.39 bits per heavy atom. The molecule has 2 aromatic rings. The highest BCUT2D eigenvalue weighted by Crippen LogP contribution is 2.43. The number of rotatable bonds is 7. The number of hydrogen-bond donors (Lipinski definition) is 0. The van der Waals surface area contributed by atoms with E-state index in [0.29, 0.717) is 18.9 Å². The molecule has 0 N–H and O–H groups in total. The highest BCUT2D eigenvalue weighted by Gasteiger charge is 2.60. The number of benzene rings is 1. The van der Waals surface area contributed by atoms with E-state index in [1.165, 1.54) is 0 Å². The fourth-order valence-corrected chi connectivity index (χ4v) is 2.61. The zero-order chi connectivity index (χ0) is 23.6. The van der Waals surface area contributed by atoms with Gasteiger partial charge in [0.25, 0.3) is 5.56 Å². The van der Waals surface area contributed by atoms with E-state index >= 15 is 0 Å². The van der Waals surface area contributed by atoms with Gasteiger partial charge in [0, 0.05) is 6.07 Å². The fourth-order valence-electron chi connectivity index (χ4n) is 2.38. The van der Waals surface area contributed by atoms with Crippen LogP contribution in [0.15, 0.2) is 23.0 Å². The molecule has 1 aromatic heterocycles. The molecule has 0 spiro atoms. The third-order valence-electron chi connectivity index (χ3n) is 3.98. The summed E-state index contributed by atoms with van der Waals surface area (Å²) in [5, 5.41) is -0.372. The van der Waals surface area contributed by atoms with Gasteiger partial charge < -0.3 is 9.47 Å². The van der Waals surface area contributed by atoms with Gasteiger partial charge in [-0.25, -0.2) is 13.8 Å². The minimum absolute atomic E-state index is 0.0322. The summed E-state index contributed by atoms with van der Waals surface area (Å²) in [5.74, 6) is -7.63. The Bertz CT molecular complexity index is 1040. The molecular weight excluding hydrogens is 458 g/mol. The lowest BCUT2D eigenvalue weighted by molar-refractivity contribution is -0.291. The van der Waals surface area contributed by atoms with Crippen LogP contribution in [0.5, 0.6) is 6.01 Å². The van der Waals surface area contributed by atoms with Crippen LogP contribution in [0.1, 0.15) is 35.8 Å². The number of nitrogens with zero attached hydrogens (tertiary/aromatic N) is 2. The number of unbranched alkanes of at least 4 members (excludes halogenated alkanes) is 1. The molecule has 0 saturated heterocycles. The first-order valence-electron chi connectivity index (χ1n) is 8.64. The second-order valence-electron chi connectivity index (χ2n) is 6.15. The van der Waals surface area contributed by atoms with Crippen LogP contribution in [0, 0.1) is 5.82 Å². The smallest absolute Gasteiger partial charge is 0.459 e. The minimum atomic E-state index is -6.04. The summed E-state index contributed by atoms with van der Waals surface area (Å²) in [6.45, 7) is 1.87. The largest absolute Gasteiger partial charge is 0.468 e. The maximum Gasteiger partial charge on any atom is 0.459 e. The summed E-state index contributed by atoms with van der Waals surface area (Å²) in [6, 6.07) is 0.248. The number of alkyl halides is 5. The first-order valence-corrected chi connectivity index (χ1v) is 9.02. The Kier molecular flexibility index (Phi) is 7.25. The fraction of sp³-hybridized carbons (Fsp3) is 0.389. The Morgan fingerprint density at radius 2 is 1.84 bits per heavy atom. The van der Waals surface area contributed by atoms with Crippen LogP contribution in [-0.2, 0) is 10.7 Å². The van der Waals surface area contributed by atoms with Gasteiger partial charge in [0.1, 0.15) is 11.5 Å². The Balaban J connectivity index is 2.64. The van der Waals surface area contributed by atoms with E-state index in [4.69, 9.17) is 16.3 Å². The van der Waals surface area contributed by atoms with E-state index in [0.717, 1.165) is 13.2 Å². The van der Waals surface area contributed by atoms with E-state index in [9.17, 15) is 35.9 Å². The monoisotopic (exact) mass is 472 g/mol. The predicted octanol–water partition coefficient (Wildman–Crippen LogP) is 4.64. The molecule has 0 unspecified atom stereocenters. The van der Waals surface area contributed by atoms with Crippen LogP contribution in [0.3, 0.4) is 0 Å². The van der Waals surface area contributed by atoms with E-state index < -0.39 is 46.8 Å². The molecule has 0 saturated carbocycles. The average Bonchev–Trinajstić information content (AvgIpc) is 2.67. The van der Waals surface area contributed by atoms with Gasteiger partial charge in [0.05, 0.1) is 30.0 Å². The zero-order valence-electron chi connectivity index (χ0n) is 16.0. The van der Waals surface area contributed by atoms with Gasteiger partial charge in [0.2, 0.25) is 0 Å². The van der Waals surface area contributed by atoms with Crippen LogP contribution in [0.4, 0.5) is 26.3 Å². The molecule has 6 nitrogen and oxygen atoms in total. The summed E-state index contributed by atoms with van der Waals surface area (Å²) >= 11 is 5.85. The summed E-state index contributed by atoms with van der Waals surface area (Å²) < 4.78 is 89.4. The highest BCUT2D eigenvalue weighted by molar-refractivity contribution is 6.33. The Labute approximate surface area is 176 Å². The lowest BCUT2D eigenvalue weighted by atomic mass is 10.1. The van der Waals surface area contributed by atoms with Gasteiger partial charge in [0.15, 0.2) is 0 Å². The van der Waals surface area contributed by atoms with E-state index in [1.807, 2.05) is 6.92 Å². The Morgan fingerprint density at radius 1 is 1.19 bits per heavy atom. The first kappa shape index (κ1) is 24.5. The number of carbonyl (C=O) groups excluding carboxylic acids is 1. The summed E-state index contributed by atoms with van der Waals surface area (Å²) in [4.78, 5) is 27.6. The lowest BCUT2D eigenvalue weighted by Gasteiger charge is -2.20. The SMILES string of the molecule is CCCCOC(=O)c1cc(-n2c(OC)nc(C(F)(F)C(F)(F)F)cc2=O)c(F)cc1Cl. The van der Waals surface area contributed by atoms with Gasteiger partial charge in [-0.05, 0) is 18.6 Å².